The van der Waals surface area contributed by atoms with Crippen LogP contribution in [0.5, 0.6) is 0 Å². The molecule has 0 spiro atoms. The summed E-state index contributed by atoms with van der Waals surface area (Å²) in [4.78, 5) is 27.7. The number of hydrogen-bond acceptors (Lipinski definition) is 3. The number of carbonyl (C=O) groups excluding carboxylic acids is 2. The van der Waals surface area contributed by atoms with Crippen LogP contribution >= 0.6 is 0 Å². The first-order valence-corrected chi connectivity index (χ1v) is 6.29. The van der Waals surface area contributed by atoms with Crippen molar-refractivity contribution in [3.8, 4) is 0 Å². The van der Waals surface area contributed by atoms with Crippen molar-refractivity contribution in [1.29, 1.82) is 0 Å². The molecule has 19 heavy (non-hydrogen) atoms. The average molecular weight is 261 g/mol. The number of nitrogens with zero attached hydrogens (tertiary/aromatic N) is 2. The van der Waals surface area contributed by atoms with Crippen LogP contribution in [0.2, 0.25) is 0 Å². The van der Waals surface area contributed by atoms with Gasteiger partial charge in [0, 0.05) is 13.1 Å². The van der Waals surface area contributed by atoms with E-state index in [1.54, 1.807) is 6.92 Å². The van der Waals surface area contributed by atoms with E-state index < -0.39 is 5.54 Å². The summed E-state index contributed by atoms with van der Waals surface area (Å²) in [6.07, 6.45) is 0. The van der Waals surface area contributed by atoms with Crippen LogP contribution in [0.3, 0.4) is 0 Å². The standard InChI is InChI=1S/C14H19N3O2/c1-14(11-7-5-4-6-8-11)12(18)17(13(19)15-14)10-9-16(2)3/h4-8H,9-10H2,1-3H3,(H,15,19)/t14-/m0/s1. The van der Waals surface area contributed by atoms with Gasteiger partial charge < -0.3 is 10.2 Å². The van der Waals surface area contributed by atoms with Crippen LogP contribution < -0.4 is 5.32 Å². The third-order valence-electron chi connectivity index (χ3n) is 3.40. The maximum atomic E-state index is 12.5. The Hall–Kier alpha value is -1.88. The lowest BCUT2D eigenvalue weighted by Gasteiger charge is -2.22. The molecule has 1 aliphatic heterocycles. The van der Waals surface area contributed by atoms with Crippen molar-refractivity contribution in [2.24, 2.45) is 0 Å². The molecule has 0 bridgehead atoms. The molecule has 1 aromatic rings. The molecule has 0 aliphatic carbocycles. The van der Waals surface area contributed by atoms with Gasteiger partial charge in [0.1, 0.15) is 5.54 Å². The number of rotatable bonds is 4. The Morgan fingerprint density at radius 3 is 2.42 bits per heavy atom. The lowest BCUT2D eigenvalue weighted by molar-refractivity contribution is -0.131. The lowest BCUT2D eigenvalue weighted by Crippen LogP contribution is -2.41. The molecular weight excluding hydrogens is 242 g/mol. The minimum Gasteiger partial charge on any atom is -0.319 e. The van der Waals surface area contributed by atoms with Gasteiger partial charge in [-0.25, -0.2) is 4.79 Å². The molecule has 0 unspecified atom stereocenters. The number of likely N-dealkylation sites (N-methyl/N-ethyl adjacent to an activating group) is 1. The zero-order valence-electron chi connectivity index (χ0n) is 11.5. The second kappa shape index (κ2) is 5.01. The number of amides is 3. The molecule has 5 nitrogen and oxygen atoms in total. The summed E-state index contributed by atoms with van der Waals surface area (Å²) in [6.45, 7) is 2.81. The zero-order chi connectivity index (χ0) is 14.0. The maximum absolute atomic E-state index is 12.5. The minimum absolute atomic E-state index is 0.189. The number of urea groups is 1. The molecule has 5 heteroatoms. The Kier molecular flexibility index (Phi) is 3.57. The second-order valence-electron chi connectivity index (χ2n) is 5.18. The molecule has 0 saturated carbocycles. The van der Waals surface area contributed by atoms with E-state index in [9.17, 15) is 9.59 Å². The van der Waals surface area contributed by atoms with Crippen LogP contribution in [0.15, 0.2) is 30.3 Å². The monoisotopic (exact) mass is 261 g/mol. The maximum Gasteiger partial charge on any atom is 0.325 e. The summed E-state index contributed by atoms with van der Waals surface area (Å²) in [6, 6.07) is 9.00. The Labute approximate surface area is 113 Å². The van der Waals surface area contributed by atoms with Gasteiger partial charge in [-0.15, -0.1) is 0 Å². The predicted molar refractivity (Wildman–Crippen MR) is 72.6 cm³/mol. The zero-order valence-corrected chi connectivity index (χ0v) is 11.5. The van der Waals surface area contributed by atoms with Gasteiger partial charge in [0.25, 0.3) is 5.91 Å². The van der Waals surface area contributed by atoms with E-state index in [1.165, 1.54) is 4.90 Å². The Morgan fingerprint density at radius 2 is 1.84 bits per heavy atom. The third kappa shape index (κ3) is 2.46. The SMILES string of the molecule is CN(C)CCN1C(=O)N[C@@](C)(c2ccccc2)C1=O. The molecule has 3 amide bonds. The quantitative estimate of drug-likeness (QED) is 0.823. The molecule has 0 aromatic heterocycles. The number of nitrogens with one attached hydrogen (secondary N) is 1. The van der Waals surface area contributed by atoms with Gasteiger partial charge in [0.15, 0.2) is 0 Å². The predicted octanol–water partition coefficient (Wildman–Crippen LogP) is 1.02. The molecule has 1 aromatic carbocycles. The molecule has 0 radical (unpaired) electrons. The van der Waals surface area contributed by atoms with Crippen LogP contribution in [0, 0.1) is 0 Å². The highest BCUT2D eigenvalue weighted by molar-refractivity contribution is 6.07. The van der Waals surface area contributed by atoms with Crippen molar-refractivity contribution >= 4 is 11.9 Å². The van der Waals surface area contributed by atoms with Crippen LogP contribution in [0.1, 0.15) is 12.5 Å². The summed E-state index contributed by atoms with van der Waals surface area (Å²) in [5.41, 5.74) is -0.148. The Balaban J connectivity index is 2.22. The van der Waals surface area contributed by atoms with Crippen molar-refractivity contribution in [3.63, 3.8) is 0 Å². The van der Waals surface area contributed by atoms with Gasteiger partial charge in [0.2, 0.25) is 0 Å². The summed E-state index contributed by atoms with van der Waals surface area (Å²) in [5.74, 6) is -0.189. The molecule has 1 heterocycles. The summed E-state index contributed by atoms with van der Waals surface area (Å²) in [5, 5.41) is 2.79. The molecule has 2 rings (SSSR count). The smallest absolute Gasteiger partial charge is 0.319 e. The van der Waals surface area contributed by atoms with Crippen molar-refractivity contribution in [2.75, 3.05) is 27.2 Å². The minimum atomic E-state index is -0.954. The number of carbonyl (C=O) groups is 2. The molecular formula is C14H19N3O2. The van der Waals surface area contributed by atoms with Crippen LogP contribution in [-0.4, -0.2) is 48.9 Å². The van der Waals surface area contributed by atoms with E-state index in [0.717, 1.165) is 5.56 Å². The van der Waals surface area contributed by atoms with Gasteiger partial charge in [-0.3, -0.25) is 9.69 Å². The molecule has 102 valence electrons. The first-order chi connectivity index (χ1) is 8.95. The third-order valence-corrected chi connectivity index (χ3v) is 3.40. The van der Waals surface area contributed by atoms with Crippen molar-refractivity contribution in [3.05, 3.63) is 35.9 Å². The van der Waals surface area contributed by atoms with E-state index in [-0.39, 0.29) is 11.9 Å². The molecule has 1 atom stereocenters. The van der Waals surface area contributed by atoms with Crippen LogP contribution in [0.25, 0.3) is 0 Å². The van der Waals surface area contributed by atoms with Crippen molar-refractivity contribution in [1.82, 2.24) is 15.1 Å². The van der Waals surface area contributed by atoms with Gasteiger partial charge >= 0.3 is 6.03 Å². The molecule has 1 fully saturated rings. The number of hydrogen-bond donors (Lipinski definition) is 1. The summed E-state index contributed by atoms with van der Waals surface area (Å²) >= 11 is 0. The van der Waals surface area contributed by atoms with Gasteiger partial charge in [-0.05, 0) is 26.6 Å². The highest BCUT2D eigenvalue weighted by Crippen LogP contribution is 2.28. The Bertz CT molecular complexity index is 487. The second-order valence-corrected chi connectivity index (χ2v) is 5.18. The summed E-state index contributed by atoms with van der Waals surface area (Å²) < 4.78 is 0. The topological polar surface area (TPSA) is 52.6 Å². The van der Waals surface area contributed by atoms with E-state index >= 15 is 0 Å². The first-order valence-electron chi connectivity index (χ1n) is 6.29. The van der Waals surface area contributed by atoms with E-state index in [1.807, 2.05) is 49.3 Å². The molecule has 1 N–H and O–H groups in total. The van der Waals surface area contributed by atoms with E-state index in [4.69, 9.17) is 0 Å². The number of benzene rings is 1. The fourth-order valence-electron chi connectivity index (χ4n) is 2.17. The van der Waals surface area contributed by atoms with E-state index in [0.29, 0.717) is 13.1 Å². The first kappa shape index (κ1) is 13.5. The highest BCUT2D eigenvalue weighted by Gasteiger charge is 2.48. The van der Waals surface area contributed by atoms with Crippen LogP contribution in [0.4, 0.5) is 4.79 Å². The highest BCUT2D eigenvalue weighted by atomic mass is 16.2. The largest absolute Gasteiger partial charge is 0.325 e. The number of imide groups is 1. The Morgan fingerprint density at radius 1 is 1.21 bits per heavy atom. The fourth-order valence-corrected chi connectivity index (χ4v) is 2.17. The van der Waals surface area contributed by atoms with Crippen LogP contribution in [-0.2, 0) is 10.3 Å². The van der Waals surface area contributed by atoms with Gasteiger partial charge in [-0.1, -0.05) is 30.3 Å². The lowest BCUT2D eigenvalue weighted by atomic mass is 9.92. The normalized spacial score (nSPS) is 23.1. The molecule has 1 saturated heterocycles. The fraction of sp³-hybridized carbons (Fsp3) is 0.429. The summed E-state index contributed by atoms with van der Waals surface area (Å²) in [7, 11) is 3.82. The van der Waals surface area contributed by atoms with Crippen molar-refractivity contribution in [2.45, 2.75) is 12.5 Å². The molecule has 1 aliphatic rings. The van der Waals surface area contributed by atoms with E-state index in [2.05, 4.69) is 5.32 Å². The average Bonchev–Trinajstić information content (AvgIpc) is 2.60. The van der Waals surface area contributed by atoms with Gasteiger partial charge in [-0.2, -0.15) is 0 Å². The van der Waals surface area contributed by atoms with Crippen molar-refractivity contribution < 1.29 is 9.59 Å². The van der Waals surface area contributed by atoms with Gasteiger partial charge in [0.05, 0.1) is 0 Å².